The number of thioether (sulfide) groups is 1. The van der Waals surface area contributed by atoms with Gasteiger partial charge in [-0.3, -0.25) is 4.99 Å². The third kappa shape index (κ3) is 1.89. The Bertz CT molecular complexity index is 732. The van der Waals surface area contributed by atoms with Crippen molar-refractivity contribution in [1.29, 1.82) is 0 Å². The second-order valence-corrected chi connectivity index (χ2v) is 6.85. The van der Waals surface area contributed by atoms with E-state index >= 15 is 0 Å². The summed E-state index contributed by atoms with van der Waals surface area (Å²) in [6, 6.07) is 8.79. The number of amidine groups is 1. The van der Waals surface area contributed by atoms with E-state index in [1.165, 1.54) is 26.3 Å². The monoisotopic (exact) mass is 302 g/mol. The molecule has 3 nitrogen and oxygen atoms in total. The lowest BCUT2D eigenvalue weighted by molar-refractivity contribution is 0.301. The lowest BCUT2D eigenvalue weighted by Crippen LogP contribution is -2.20. The molecule has 0 aliphatic carbocycles. The quantitative estimate of drug-likeness (QED) is 0.944. The maximum Gasteiger partial charge on any atom is 0.168 e. The van der Waals surface area contributed by atoms with Crippen LogP contribution in [0.4, 0.5) is 0 Å². The van der Waals surface area contributed by atoms with Crippen LogP contribution in [0.5, 0.6) is 0 Å². The van der Waals surface area contributed by atoms with E-state index < -0.39 is 0 Å². The lowest BCUT2D eigenvalue weighted by Gasteiger charge is -2.17. The molecule has 0 saturated carbocycles. The zero-order chi connectivity index (χ0) is 13.5. The number of thiophene rings is 1. The van der Waals surface area contributed by atoms with Crippen molar-refractivity contribution >= 4 is 44.0 Å². The summed E-state index contributed by atoms with van der Waals surface area (Å²) in [6.07, 6.45) is 0.706. The van der Waals surface area contributed by atoms with E-state index in [9.17, 15) is 5.11 Å². The van der Waals surface area contributed by atoms with Crippen LogP contribution in [0.3, 0.4) is 0 Å². The molecule has 5 heteroatoms. The van der Waals surface area contributed by atoms with Crippen molar-refractivity contribution in [2.75, 3.05) is 19.7 Å². The molecule has 0 unspecified atom stereocenters. The first kappa shape index (κ1) is 12.4. The number of nitrogens with zero attached hydrogens (tertiary/aromatic N) is 2. The third-order valence-electron chi connectivity index (χ3n) is 3.61. The van der Waals surface area contributed by atoms with E-state index in [0.717, 1.165) is 18.3 Å². The maximum atomic E-state index is 9.29. The average molecular weight is 302 g/mol. The standard InChI is InChI=1S/C15H14N2OS2/c18-7-3-13-14(17-6-5-16-15(17)20-13)11-1-2-12-10(9-11)4-8-19-12/h1-2,4,8-9,18H,3,5-7H2. The topological polar surface area (TPSA) is 35.8 Å². The van der Waals surface area contributed by atoms with Crippen molar-refractivity contribution in [3.63, 3.8) is 0 Å². The molecule has 0 fully saturated rings. The minimum Gasteiger partial charge on any atom is -0.396 e. The average Bonchev–Trinajstić information content (AvgIpc) is 3.12. The Morgan fingerprint density at radius 1 is 1.30 bits per heavy atom. The molecule has 3 heterocycles. The molecule has 2 aliphatic rings. The first-order valence-corrected chi connectivity index (χ1v) is 8.38. The van der Waals surface area contributed by atoms with E-state index in [-0.39, 0.29) is 6.61 Å². The van der Waals surface area contributed by atoms with Crippen LogP contribution in [-0.2, 0) is 0 Å². The molecule has 2 aliphatic heterocycles. The van der Waals surface area contributed by atoms with E-state index in [4.69, 9.17) is 0 Å². The van der Waals surface area contributed by atoms with Gasteiger partial charge in [-0.25, -0.2) is 0 Å². The smallest absolute Gasteiger partial charge is 0.168 e. The van der Waals surface area contributed by atoms with Crippen molar-refractivity contribution in [2.45, 2.75) is 6.42 Å². The number of aliphatic imine (C=N–C) groups is 1. The van der Waals surface area contributed by atoms with Crippen LogP contribution in [0.25, 0.3) is 15.8 Å². The van der Waals surface area contributed by atoms with Crippen molar-refractivity contribution in [1.82, 2.24) is 4.90 Å². The Kier molecular flexibility index (Phi) is 3.06. The Morgan fingerprint density at radius 3 is 3.15 bits per heavy atom. The maximum absolute atomic E-state index is 9.29. The molecule has 0 spiro atoms. The minimum absolute atomic E-state index is 0.188. The fourth-order valence-electron chi connectivity index (χ4n) is 2.73. The first-order valence-electron chi connectivity index (χ1n) is 6.68. The first-order chi connectivity index (χ1) is 9.86. The molecule has 20 heavy (non-hydrogen) atoms. The van der Waals surface area contributed by atoms with Crippen LogP contribution in [0, 0.1) is 0 Å². The highest BCUT2D eigenvalue weighted by molar-refractivity contribution is 8.17. The van der Waals surface area contributed by atoms with Crippen LogP contribution in [0.15, 0.2) is 39.5 Å². The molecule has 2 aromatic rings. The molecule has 0 radical (unpaired) electrons. The van der Waals surface area contributed by atoms with Crippen LogP contribution in [-0.4, -0.2) is 34.9 Å². The van der Waals surface area contributed by atoms with Gasteiger partial charge in [0.05, 0.1) is 12.2 Å². The largest absolute Gasteiger partial charge is 0.396 e. The number of aliphatic hydroxyl groups is 1. The number of aliphatic hydroxyl groups excluding tert-OH is 1. The van der Waals surface area contributed by atoms with E-state index in [0.29, 0.717) is 6.42 Å². The third-order valence-corrected chi connectivity index (χ3v) is 5.69. The van der Waals surface area contributed by atoms with Crippen molar-refractivity contribution in [3.05, 3.63) is 40.1 Å². The van der Waals surface area contributed by atoms with Gasteiger partial charge in [0, 0.05) is 29.2 Å². The van der Waals surface area contributed by atoms with Crippen LogP contribution < -0.4 is 0 Å². The molecule has 0 atom stereocenters. The normalized spacial score (nSPS) is 18.1. The second-order valence-electron chi connectivity index (χ2n) is 4.84. The minimum atomic E-state index is 0.188. The van der Waals surface area contributed by atoms with Gasteiger partial charge in [-0.05, 0) is 34.5 Å². The molecular formula is C15H14N2OS2. The second kappa shape index (κ2) is 4.91. The molecule has 1 N–H and O–H groups in total. The van der Waals surface area contributed by atoms with Gasteiger partial charge in [0.1, 0.15) is 0 Å². The highest BCUT2D eigenvalue weighted by Gasteiger charge is 2.32. The molecule has 102 valence electrons. The summed E-state index contributed by atoms with van der Waals surface area (Å²) < 4.78 is 1.32. The Hall–Kier alpha value is -1.30. The summed E-state index contributed by atoms with van der Waals surface area (Å²) in [5, 5.41) is 13.8. The van der Waals surface area contributed by atoms with Gasteiger partial charge in [0.15, 0.2) is 5.17 Å². The Morgan fingerprint density at radius 2 is 2.25 bits per heavy atom. The predicted octanol–water partition coefficient (Wildman–Crippen LogP) is 3.37. The summed E-state index contributed by atoms with van der Waals surface area (Å²) in [5.41, 5.74) is 2.48. The summed E-state index contributed by atoms with van der Waals surface area (Å²) >= 11 is 3.48. The number of benzene rings is 1. The molecule has 4 rings (SSSR count). The zero-order valence-corrected chi connectivity index (χ0v) is 12.5. The molecule has 1 aromatic carbocycles. The number of hydrogen-bond acceptors (Lipinski definition) is 5. The number of hydrogen-bond donors (Lipinski definition) is 1. The fraction of sp³-hybridized carbons (Fsp3) is 0.267. The van der Waals surface area contributed by atoms with E-state index in [1.54, 1.807) is 23.1 Å². The Labute approximate surface area is 125 Å². The van der Waals surface area contributed by atoms with Crippen molar-refractivity contribution in [2.24, 2.45) is 4.99 Å². The van der Waals surface area contributed by atoms with Gasteiger partial charge in [-0.1, -0.05) is 17.8 Å². The van der Waals surface area contributed by atoms with Crippen molar-refractivity contribution in [3.8, 4) is 0 Å². The fourth-order valence-corrected chi connectivity index (χ4v) is 4.69. The lowest BCUT2D eigenvalue weighted by atomic mass is 10.1. The molecule has 0 saturated heterocycles. The predicted molar refractivity (Wildman–Crippen MR) is 87.0 cm³/mol. The van der Waals surface area contributed by atoms with Crippen LogP contribution in [0.1, 0.15) is 12.0 Å². The highest BCUT2D eigenvalue weighted by atomic mass is 32.2. The Balaban J connectivity index is 1.83. The summed E-state index contributed by atoms with van der Waals surface area (Å²) in [7, 11) is 0. The molecule has 1 aromatic heterocycles. The van der Waals surface area contributed by atoms with Gasteiger partial charge in [-0.2, -0.15) is 0 Å². The molecule has 0 amide bonds. The van der Waals surface area contributed by atoms with Crippen molar-refractivity contribution < 1.29 is 5.11 Å². The van der Waals surface area contributed by atoms with Gasteiger partial charge in [0.2, 0.25) is 0 Å². The number of fused-ring (bicyclic) bond motifs is 2. The van der Waals surface area contributed by atoms with Crippen LogP contribution >= 0.6 is 23.1 Å². The molecule has 0 bridgehead atoms. The van der Waals surface area contributed by atoms with E-state index in [2.05, 4.69) is 39.5 Å². The summed E-state index contributed by atoms with van der Waals surface area (Å²) in [5.74, 6) is 0. The number of rotatable bonds is 3. The van der Waals surface area contributed by atoms with Gasteiger partial charge in [-0.15, -0.1) is 11.3 Å². The summed E-state index contributed by atoms with van der Waals surface area (Å²) in [6.45, 7) is 2.01. The highest BCUT2D eigenvalue weighted by Crippen LogP contribution is 2.43. The molecular weight excluding hydrogens is 288 g/mol. The van der Waals surface area contributed by atoms with Crippen LogP contribution in [0.2, 0.25) is 0 Å². The SMILES string of the molecule is OCCC1=C(c2ccc3sccc3c2)N2CCN=C2S1. The summed E-state index contributed by atoms with van der Waals surface area (Å²) in [4.78, 5) is 8.07. The van der Waals surface area contributed by atoms with E-state index in [1.807, 2.05) is 0 Å². The zero-order valence-electron chi connectivity index (χ0n) is 10.9. The van der Waals surface area contributed by atoms with Gasteiger partial charge in [0.25, 0.3) is 0 Å². The van der Waals surface area contributed by atoms with Gasteiger partial charge < -0.3 is 10.0 Å². The van der Waals surface area contributed by atoms with Gasteiger partial charge >= 0.3 is 0 Å².